The highest BCUT2D eigenvalue weighted by Gasteiger charge is 2.27. The van der Waals surface area contributed by atoms with Crippen LogP contribution in [0.3, 0.4) is 0 Å². The highest BCUT2D eigenvalue weighted by atomic mass is 35.5. The lowest BCUT2D eigenvalue weighted by Crippen LogP contribution is -2.40. The van der Waals surface area contributed by atoms with Crippen molar-refractivity contribution >= 4 is 27.5 Å². The molecule has 162 valence electrons. The summed E-state index contributed by atoms with van der Waals surface area (Å²) in [6.45, 7) is 6.06. The summed E-state index contributed by atoms with van der Waals surface area (Å²) in [6.07, 6.45) is 0.679. The second-order valence-electron chi connectivity index (χ2n) is 7.66. The van der Waals surface area contributed by atoms with Crippen molar-refractivity contribution in [2.45, 2.75) is 31.2 Å². The van der Waals surface area contributed by atoms with Crippen LogP contribution < -0.4 is 5.32 Å². The van der Waals surface area contributed by atoms with E-state index >= 15 is 0 Å². The van der Waals surface area contributed by atoms with Gasteiger partial charge in [-0.25, -0.2) is 8.42 Å². The van der Waals surface area contributed by atoms with Crippen molar-refractivity contribution in [3.05, 3.63) is 64.7 Å². The Morgan fingerprint density at radius 2 is 1.77 bits per heavy atom. The third-order valence-corrected chi connectivity index (χ3v) is 7.58. The molecule has 1 heterocycles. The molecule has 1 saturated heterocycles. The van der Waals surface area contributed by atoms with Crippen LogP contribution >= 0.6 is 11.6 Å². The van der Waals surface area contributed by atoms with E-state index in [0.29, 0.717) is 42.5 Å². The molecule has 1 N–H and O–H groups in total. The zero-order valence-corrected chi connectivity index (χ0v) is 18.9. The van der Waals surface area contributed by atoms with Gasteiger partial charge in [-0.1, -0.05) is 47.5 Å². The molecule has 1 aliphatic rings. The number of carbonyl (C=O) groups excluding carboxylic acids is 1. The summed E-state index contributed by atoms with van der Waals surface area (Å²) in [5, 5.41) is 3.60. The number of sulfonamides is 1. The smallest absolute Gasteiger partial charge is 0.243 e. The quantitative estimate of drug-likeness (QED) is 0.735. The van der Waals surface area contributed by atoms with Gasteiger partial charge in [0.05, 0.1) is 17.5 Å². The summed E-state index contributed by atoms with van der Waals surface area (Å²) in [5.41, 5.74) is 1.90. The number of hydrogen-bond donors (Lipinski definition) is 1. The minimum absolute atomic E-state index is 0.0998. The minimum Gasteiger partial charge on any atom is -0.348 e. The highest BCUT2D eigenvalue weighted by Crippen LogP contribution is 2.22. The first kappa shape index (κ1) is 22.7. The average molecular weight is 450 g/mol. The standard InChI is InChI=1S/C22H28ClN3O3S/c1-17-8-10-19(11-9-17)30(28,29)26-13-5-12-25(14-15-26)16-22(27)24-18(2)20-6-3-4-7-21(20)23/h3-4,6-11,18H,5,12-16H2,1-2H3,(H,24,27). The van der Waals surface area contributed by atoms with E-state index in [1.165, 1.54) is 4.31 Å². The van der Waals surface area contributed by atoms with Crippen LogP contribution in [0.25, 0.3) is 0 Å². The first-order valence-corrected chi connectivity index (χ1v) is 11.9. The average Bonchev–Trinajstić information content (AvgIpc) is 2.94. The maximum atomic E-state index is 12.9. The summed E-state index contributed by atoms with van der Waals surface area (Å²) < 4.78 is 27.4. The Balaban J connectivity index is 1.56. The van der Waals surface area contributed by atoms with Gasteiger partial charge in [0.1, 0.15) is 0 Å². The number of carbonyl (C=O) groups is 1. The van der Waals surface area contributed by atoms with Crippen LogP contribution in [0.4, 0.5) is 0 Å². The Bertz CT molecular complexity index is 979. The second-order valence-corrected chi connectivity index (χ2v) is 10.0. The van der Waals surface area contributed by atoms with Gasteiger partial charge < -0.3 is 5.32 Å². The van der Waals surface area contributed by atoms with E-state index in [0.717, 1.165) is 11.1 Å². The molecule has 0 aromatic heterocycles. The van der Waals surface area contributed by atoms with Crippen molar-refractivity contribution in [1.82, 2.24) is 14.5 Å². The lowest BCUT2D eigenvalue weighted by molar-refractivity contribution is -0.122. The third-order valence-electron chi connectivity index (χ3n) is 5.32. The predicted octanol–water partition coefficient (Wildman–Crippen LogP) is 3.22. The van der Waals surface area contributed by atoms with Gasteiger partial charge in [0.2, 0.25) is 15.9 Å². The number of aryl methyl sites for hydroxylation is 1. The van der Waals surface area contributed by atoms with E-state index in [1.54, 1.807) is 18.2 Å². The molecular formula is C22H28ClN3O3S. The van der Waals surface area contributed by atoms with Crippen LogP contribution in [-0.2, 0) is 14.8 Å². The van der Waals surface area contributed by atoms with Crippen LogP contribution in [0.5, 0.6) is 0 Å². The van der Waals surface area contributed by atoms with E-state index < -0.39 is 10.0 Å². The summed E-state index contributed by atoms with van der Waals surface area (Å²) >= 11 is 6.21. The fraction of sp³-hybridized carbons (Fsp3) is 0.409. The van der Waals surface area contributed by atoms with Crippen molar-refractivity contribution in [3.63, 3.8) is 0 Å². The summed E-state index contributed by atoms with van der Waals surface area (Å²) in [5.74, 6) is -0.0998. The van der Waals surface area contributed by atoms with Crippen LogP contribution in [-0.4, -0.2) is 56.3 Å². The topological polar surface area (TPSA) is 69.7 Å². The minimum atomic E-state index is -3.52. The lowest BCUT2D eigenvalue weighted by atomic mass is 10.1. The Morgan fingerprint density at radius 1 is 1.07 bits per heavy atom. The van der Waals surface area contributed by atoms with Gasteiger partial charge in [-0.3, -0.25) is 9.69 Å². The molecule has 0 spiro atoms. The zero-order chi connectivity index (χ0) is 21.7. The van der Waals surface area contributed by atoms with Crippen LogP contribution in [0.2, 0.25) is 5.02 Å². The van der Waals surface area contributed by atoms with Crippen molar-refractivity contribution in [2.75, 3.05) is 32.7 Å². The van der Waals surface area contributed by atoms with E-state index in [4.69, 9.17) is 11.6 Å². The van der Waals surface area contributed by atoms with Gasteiger partial charge in [0.15, 0.2) is 0 Å². The van der Waals surface area contributed by atoms with Gasteiger partial charge in [-0.15, -0.1) is 0 Å². The molecule has 1 unspecified atom stereocenters. The maximum Gasteiger partial charge on any atom is 0.243 e. The number of hydrogen-bond acceptors (Lipinski definition) is 4. The van der Waals surface area contributed by atoms with Gasteiger partial charge >= 0.3 is 0 Å². The molecule has 2 aromatic carbocycles. The molecule has 30 heavy (non-hydrogen) atoms. The number of benzene rings is 2. The van der Waals surface area contributed by atoms with Crippen molar-refractivity contribution in [2.24, 2.45) is 0 Å². The fourth-order valence-electron chi connectivity index (χ4n) is 3.60. The van der Waals surface area contributed by atoms with Gasteiger partial charge in [-0.05, 0) is 50.6 Å². The largest absolute Gasteiger partial charge is 0.348 e. The zero-order valence-electron chi connectivity index (χ0n) is 17.3. The van der Waals surface area contributed by atoms with Crippen LogP contribution in [0.15, 0.2) is 53.4 Å². The van der Waals surface area contributed by atoms with Gasteiger partial charge in [0.25, 0.3) is 0 Å². The molecule has 1 fully saturated rings. The molecule has 8 heteroatoms. The maximum absolute atomic E-state index is 12.9. The van der Waals surface area contributed by atoms with E-state index in [1.807, 2.05) is 49.1 Å². The molecule has 3 rings (SSSR count). The van der Waals surface area contributed by atoms with E-state index in [9.17, 15) is 13.2 Å². The number of nitrogens with zero attached hydrogens (tertiary/aromatic N) is 2. The molecule has 0 radical (unpaired) electrons. The second kappa shape index (κ2) is 9.92. The molecule has 0 bridgehead atoms. The molecule has 2 aromatic rings. The highest BCUT2D eigenvalue weighted by molar-refractivity contribution is 7.89. The molecule has 1 aliphatic heterocycles. The molecule has 6 nitrogen and oxygen atoms in total. The summed E-state index contributed by atoms with van der Waals surface area (Å²) in [6, 6.07) is 14.2. The SMILES string of the molecule is Cc1ccc(S(=O)(=O)N2CCCN(CC(=O)NC(C)c3ccccc3Cl)CC2)cc1. The molecule has 0 aliphatic carbocycles. The van der Waals surface area contributed by atoms with Gasteiger partial charge in [0, 0.05) is 24.7 Å². The van der Waals surface area contributed by atoms with E-state index in [2.05, 4.69) is 5.32 Å². The number of amides is 1. The van der Waals surface area contributed by atoms with Crippen LogP contribution in [0.1, 0.15) is 30.5 Å². The summed E-state index contributed by atoms with van der Waals surface area (Å²) in [7, 11) is -3.52. The van der Waals surface area contributed by atoms with Crippen LogP contribution in [0, 0.1) is 6.92 Å². The third kappa shape index (κ3) is 5.60. The Morgan fingerprint density at radius 3 is 2.47 bits per heavy atom. The van der Waals surface area contributed by atoms with Crippen molar-refractivity contribution < 1.29 is 13.2 Å². The predicted molar refractivity (Wildman–Crippen MR) is 119 cm³/mol. The monoisotopic (exact) mass is 449 g/mol. The molecule has 0 saturated carbocycles. The summed E-state index contributed by atoms with van der Waals surface area (Å²) in [4.78, 5) is 14.8. The molecular weight excluding hydrogens is 422 g/mol. The lowest BCUT2D eigenvalue weighted by Gasteiger charge is -2.22. The Hall–Kier alpha value is -1.93. The normalized spacial score (nSPS) is 17.3. The Labute approximate surface area is 183 Å². The first-order chi connectivity index (χ1) is 14.3. The van der Waals surface area contributed by atoms with Crippen molar-refractivity contribution in [3.8, 4) is 0 Å². The molecule has 1 atom stereocenters. The number of rotatable bonds is 6. The Kier molecular flexibility index (Phi) is 7.52. The van der Waals surface area contributed by atoms with Gasteiger partial charge in [-0.2, -0.15) is 4.31 Å². The molecule has 1 amide bonds. The number of nitrogens with one attached hydrogen (secondary N) is 1. The number of halogens is 1. The van der Waals surface area contributed by atoms with Crippen molar-refractivity contribution in [1.29, 1.82) is 0 Å². The fourth-order valence-corrected chi connectivity index (χ4v) is 5.37. The van der Waals surface area contributed by atoms with E-state index in [-0.39, 0.29) is 18.5 Å². The first-order valence-electron chi connectivity index (χ1n) is 10.1.